The molecule has 0 fully saturated rings. The Labute approximate surface area is 456 Å². The van der Waals surface area contributed by atoms with Gasteiger partial charge in [-0.15, -0.1) is 0 Å². The zero-order valence-corrected chi connectivity index (χ0v) is 54.4. The maximum Gasteiger partial charge on any atom is 0.513 e. The van der Waals surface area contributed by atoms with Gasteiger partial charge in [0, 0.05) is 0 Å². The normalized spacial score (nSPS) is 16.1. The number of nitrogens with zero attached hydrogens (tertiary/aromatic N) is 1. The molecule has 0 aromatic rings. The van der Waals surface area contributed by atoms with Gasteiger partial charge in [-0.3, -0.25) is 0 Å². The van der Waals surface area contributed by atoms with Crippen LogP contribution in [0.2, 0.25) is 0 Å². The van der Waals surface area contributed by atoms with Crippen LogP contribution < -0.4 is 0 Å². The second-order valence-electron chi connectivity index (χ2n) is 24.8. The molecule has 0 N–H and O–H groups in total. The summed E-state index contributed by atoms with van der Waals surface area (Å²) in [7, 11) is -19.7. The number of hydrogen-bond donors (Lipinski definition) is 0. The first kappa shape index (κ1) is 76.5. The molecule has 452 valence electrons. The van der Waals surface area contributed by atoms with Crippen molar-refractivity contribution in [2.75, 3.05) is 54.2 Å². The molecule has 0 aliphatic rings. The van der Waals surface area contributed by atoms with Crippen molar-refractivity contribution in [3.63, 3.8) is 0 Å². The van der Waals surface area contributed by atoms with Gasteiger partial charge < -0.3 is 0 Å². The molecule has 18 heteroatoms. The number of halogens is 6. The van der Waals surface area contributed by atoms with Gasteiger partial charge >= 0.3 is 350 Å². The first-order valence-corrected chi connectivity index (χ1v) is 39.4. The minimum atomic E-state index is -6.71. The van der Waals surface area contributed by atoms with Gasteiger partial charge in [0.15, 0.2) is 0 Å². The Bertz CT molecular complexity index is 1620. The zero-order chi connectivity index (χ0) is 57.6. The molecule has 0 aliphatic heterocycles. The standard InChI is InChI=1S/C48H102O2P2.C8H15F6NO4S3/c1-13-17-21-25-26-27-28-29-30-31-32-36-40-52(37-33-22-18-14-2,38-34-23-19-15-3,39-35-24-20-16-4)50-51(49,43-45(5)41-47(7,8)9)44-46(6)42-48(10,11)12;1-4-20(5-2,6-3)15(21(16,17)7(9,10)11)22(18,19)8(12,13)14/h45-46H,13-44H2,1-12H3;4-6H2,1-3H3. The van der Waals surface area contributed by atoms with Crippen LogP contribution >= 0.6 is 24.4 Å². The minimum Gasteiger partial charge on any atom is -0.201 e. The van der Waals surface area contributed by atoms with Crippen molar-refractivity contribution >= 4 is 44.5 Å². The van der Waals surface area contributed by atoms with E-state index in [9.17, 15) is 43.2 Å². The molecule has 0 saturated heterocycles. The zero-order valence-electron chi connectivity index (χ0n) is 50.2. The molecule has 0 bridgehead atoms. The summed E-state index contributed by atoms with van der Waals surface area (Å²) in [6.45, 7) is 29.0. The molecule has 0 saturated carbocycles. The fourth-order valence-electron chi connectivity index (χ4n) is 11.4. The van der Waals surface area contributed by atoms with Crippen LogP contribution in [0.15, 0.2) is 0 Å². The van der Waals surface area contributed by atoms with Crippen LogP contribution in [0.4, 0.5) is 26.3 Å². The fraction of sp³-hybridized carbons (Fsp3) is 1.00. The van der Waals surface area contributed by atoms with Crippen molar-refractivity contribution < 1.29 is 52.1 Å². The summed E-state index contributed by atoms with van der Waals surface area (Å²) in [5.41, 5.74) is -11.9. The third-order valence-electron chi connectivity index (χ3n) is 14.7. The Morgan fingerprint density at radius 3 is 0.878 bits per heavy atom. The number of alkyl halides is 6. The Balaban J connectivity index is 0. The monoisotopic (exact) mass is 1170 g/mol. The van der Waals surface area contributed by atoms with Gasteiger partial charge in [0.1, 0.15) is 0 Å². The minimum absolute atomic E-state index is 0.238. The van der Waals surface area contributed by atoms with Gasteiger partial charge in [0.2, 0.25) is 0 Å². The van der Waals surface area contributed by atoms with Crippen molar-refractivity contribution in [1.29, 1.82) is 0 Å². The third kappa shape index (κ3) is 29.2. The number of unbranched alkanes of at least 4 members (excludes halogenated alkanes) is 20. The summed E-state index contributed by atoms with van der Waals surface area (Å²) < 4.78 is 145. The second-order valence-corrected chi connectivity index (χ2v) is 41.6. The van der Waals surface area contributed by atoms with Gasteiger partial charge in [-0.2, -0.15) is 36.6 Å². The van der Waals surface area contributed by atoms with Crippen molar-refractivity contribution in [2.45, 2.75) is 282 Å². The molecular weight excluding hydrogens is 1050 g/mol. The first-order chi connectivity index (χ1) is 34.0. The van der Waals surface area contributed by atoms with Gasteiger partial charge in [-0.1, -0.05) is 34.1 Å². The van der Waals surface area contributed by atoms with E-state index in [-0.39, 0.29) is 10.8 Å². The molecule has 0 aromatic carbocycles. The molecule has 0 heterocycles. The summed E-state index contributed by atoms with van der Waals surface area (Å²) in [6, 6.07) is 0. The Hall–Kier alpha value is 0.410. The fourth-order valence-corrected chi connectivity index (χ4v) is 33.8. The largest absolute Gasteiger partial charge is 0.513 e. The summed E-state index contributed by atoms with van der Waals surface area (Å²) >= 11 is 0. The van der Waals surface area contributed by atoms with E-state index >= 15 is 4.57 Å². The van der Waals surface area contributed by atoms with Crippen LogP contribution in [0.3, 0.4) is 0 Å². The Kier molecular flexibility index (Phi) is 37.2. The van der Waals surface area contributed by atoms with E-state index in [1.807, 2.05) is 0 Å². The molecule has 0 amide bonds. The Morgan fingerprint density at radius 2 is 0.662 bits per heavy atom. The van der Waals surface area contributed by atoms with Crippen LogP contribution in [0.25, 0.3) is 0 Å². The molecule has 0 rings (SSSR count). The number of rotatable bonds is 42. The van der Waals surface area contributed by atoms with Crippen LogP contribution in [-0.4, -0.2) is 85.2 Å². The van der Waals surface area contributed by atoms with Crippen molar-refractivity contribution in [2.24, 2.45) is 22.7 Å². The van der Waals surface area contributed by atoms with Crippen molar-refractivity contribution in [1.82, 2.24) is 3.12 Å². The van der Waals surface area contributed by atoms with E-state index in [2.05, 4.69) is 83.1 Å². The molecule has 0 aromatic heterocycles. The summed E-state index contributed by atoms with van der Waals surface area (Å²) in [5, 5.41) is 0. The predicted molar refractivity (Wildman–Crippen MR) is 316 cm³/mol. The SMILES string of the molecule is CCCCCCCCCCCCCCP(CCCCCC)(CCCCCC)(CCCCCC)OP(=O)(CC(C)CC(C)(C)C)CC(C)CC(C)(C)C.CCS(CC)(CC)N(S(=O)(=O)C(F)(F)F)S(=O)(=O)C(F)(F)F. The molecule has 7 nitrogen and oxygen atoms in total. The van der Waals surface area contributed by atoms with Gasteiger partial charge in [0.05, 0.1) is 0 Å². The van der Waals surface area contributed by atoms with Crippen molar-refractivity contribution in [3.8, 4) is 0 Å². The Morgan fingerprint density at radius 1 is 0.432 bits per heavy atom. The molecule has 74 heavy (non-hydrogen) atoms. The van der Waals surface area contributed by atoms with E-state index < -0.39 is 75.9 Å². The average molecular weight is 1170 g/mol. The maximum atomic E-state index is 16.0. The third-order valence-corrected chi connectivity index (χ3v) is 35.9. The number of sulfonamides is 2. The van der Waals surface area contributed by atoms with E-state index in [1.54, 1.807) is 0 Å². The maximum absolute atomic E-state index is 16.0. The quantitative estimate of drug-likeness (QED) is 0.0343. The van der Waals surface area contributed by atoms with Gasteiger partial charge in [0.25, 0.3) is 0 Å². The summed E-state index contributed by atoms with van der Waals surface area (Å²) in [6.07, 6.45) is 41.0. The predicted octanol–water partition coefficient (Wildman–Crippen LogP) is 21.1. The average Bonchev–Trinajstić information content (AvgIpc) is 3.25. The van der Waals surface area contributed by atoms with E-state index in [0.717, 1.165) is 45.9 Å². The second kappa shape index (κ2) is 36.0. The van der Waals surface area contributed by atoms with E-state index in [1.165, 1.54) is 179 Å². The molecule has 2 atom stereocenters. The molecule has 0 spiro atoms. The molecule has 0 aliphatic carbocycles. The van der Waals surface area contributed by atoms with Crippen molar-refractivity contribution in [3.05, 3.63) is 0 Å². The van der Waals surface area contributed by atoms with Crippen LogP contribution in [0, 0.1) is 22.7 Å². The van der Waals surface area contributed by atoms with Crippen LogP contribution in [-0.2, 0) is 28.9 Å². The molecule has 2 unspecified atom stereocenters. The summed E-state index contributed by atoms with van der Waals surface area (Å²) in [4.78, 5) is 0. The smallest absolute Gasteiger partial charge is 0.201 e. The van der Waals surface area contributed by atoms with Crippen LogP contribution in [0.5, 0.6) is 0 Å². The number of hydrogen-bond acceptors (Lipinski definition) is 6. The molecular formula is C56H117F6NO6P2S3. The first-order valence-electron chi connectivity index (χ1n) is 29.5. The molecule has 0 radical (unpaired) electrons. The van der Waals surface area contributed by atoms with Gasteiger partial charge in [-0.05, 0) is 20.4 Å². The van der Waals surface area contributed by atoms with E-state index in [0.29, 0.717) is 11.8 Å². The van der Waals surface area contributed by atoms with E-state index in [4.69, 9.17) is 4.31 Å². The summed E-state index contributed by atoms with van der Waals surface area (Å²) in [5.74, 6) is -0.566. The van der Waals surface area contributed by atoms with Crippen LogP contribution in [0.1, 0.15) is 271 Å². The van der Waals surface area contributed by atoms with Gasteiger partial charge in [-0.25, -0.2) is 16.8 Å². The topological polar surface area (TPSA) is 97.8 Å².